The van der Waals surface area contributed by atoms with Crippen molar-refractivity contribution < 1.29 is 4.74 Å². The third-order valence-electron chi connectivity index (χ3n) is 4.46. The lowest BCUT2D eigenvalue weighted by Crippen LogP contribution is -2.44. The zero-order valence-corrected chi connectivity index (χ0v) is 19.0. The monoisotopic (exact) mass is 478 g/mol. The van der Waals surface area contributed by atoms with Crippen LogP contribution >= 0.6 is 24.0 Å². The van der Waals surface area contributed by atoms with E-state index in [0.29, 0.717) is 5.92 Å². The summed E-state index contributed by atoms with van der Waals surface area (Å²) in [6.45, 7) is 14.1. The van der Waals surface area contributed by atoms with Gasteiger partial charge in [0.1, 0.15) is 0 Å². The summed E-state index contributed by atoms with van der Waals surface area (Å²) >= 11 is 0. The number of halogens is 1. The smallest absolute Gasteiger partial charge is 0.190 e. The average Bonchev–Trinajstić information content (AvgIpc) is 2.92. The molecule has 7 nitrogen and oxygen atoms in total. The molecule has 0 saturated carbocycles. The molecule has 0 amide bonds. The Hall–Kier alpha value is -0.870. The second kappa shape index (κ2) is 12.5. The Morgan fingerprint density at radius 3 is 2.65 bits per heavy atom. The third-order valence-corrected chi connectivity index (χ3v) is 4.46. The molecule has 0 bridgehead atoms. The number of hydrogen-bond donors (Lipinski definition) is 2. The van der Waals surface area contributed by atoms with Crippen LogP contribution in [-0.4, -0.2) is 73.6 Å². The van der Waals surface area contributed by atoms with E-state index in [1.165, 1.54) is 5.69 Å². The molecular formula is C18H35IN6O. The second-order valence-electron chi connectivity index (χ2n) is 6.90. The normalized spacial score (nSPS) is 16.8. The minimum absolute atomic E-state index is 0. The predicted molar refractivity (Wildman–Crippen MR) is 118 cm³/mol. The highest BCUT2D eigenvalue weighted by Gasteiger charge is 2.13. The Morgan fingerprint density at radius 2 is 2.04 bits per heavy atom. The Bertz CT molecular complexity index is 542. The van der Waals surface area contributed by atoms with Gasteiger partial charge in [0.25, 0.3) is 0 Å². The van der Waals surface area contributed by atoms with Gasteiger partial charge in [-0.15, -0.1) is 24.0 Å². The van der Waals surface area contributed by atoms with Crippen molar-refractivity contribution in [1.29, 1.82) is 0 Å². The molecule has 2 rings (SSSR count). The zero-order chi connectivity index (χ0) is 18.1. The predicted octanol–water partition coefficient (Wildman–Crippen LogP) is 1.64. The van der Waals surface area contributed by atoms with Gasteiger partial charge in [-0.1, -0.05) is 6.92 Å². The van der Waals surface area contributed by atoms with E-state index in [2.05, 4.69) is 50.2 Å². The van der Waals surface area contributed by atoms with Crippen molar-refractivity contribution in [2.75, 3.05) is 53.0 Å². The minimum atomic E-state index is 0. The second-order valence-corrected chi connectivity index (χ2v) is 6.90. The molecule has 1 atom stereocenters. The number of nitrogens with one attached hydrogen (secondary N) is 2. The molecule has 1 aliphatic heterocycles. The molecule has 2 N–H and O–H groups in total. The minimum Gasteiger partial charge on any atom is -0.379 e. The SMILES string of the molecule is CN=C(NCCCn1nc(C)cc1C)NCC(C)CN1CCOCC1.I. The molecule has 1 fully saturated rings. The van der Waals surface area contributed by atoms with Crippen molar-refractivity contribution in [3.8, 4) is 0 Å². The molecule has 1 aromatic rings. The van der Waals surface area contributed by atoms with E-state index in [1.807, 2.05) is 14.0 Å². The topological polar surface area (TPSA) is 66.7 Å². The number of morpholine rings is 1. The number of guanidine groups is 1. The quantitative estimate of drug-likeness (QED) is 0.258. The average molecular weight is 478 g/mol. The molecule has 1 aliphatic rings. The van der Waals surface area contributed by atoms with E-state index in [0.717, 1.165) is 70.6 Å². The highest BCUT2D eigenvalue weighted by Crippen LogP contribution is 2.03. The summed E-state index contributed by atoms with van der Waals surface area (Å²) in [5.41, 5.74) is 2.30. The molecule has 0 aromatic carbocycles. The van der Waals surface area contributed by atoms with Crippen molar-refractivity contribution in [3.05, 3.63) is 17.5 Å². The molecule has 0 radical (unpaired) electrons. The van der Waals surface area contributed by atoms with Crippen molar-refractivity contribution >= 4 is 29.9 Å². The maximum absolute atomic E-state index is 5.40. The van der Waals surface area contributed by atoms with Gasteiger partial charge in [0, 0.05) is 52.0 Å². The van der Waals surface area contributed by atoms with Crippen LogP contribution in [0.3, 0.4) is 0 Å². The summed E-state index contributed by atoms with van der Waals surface area (Å²) in [6.07, 6.45) is 1.02. The van der Waals surface area contributed by atoms with Gasteiger partial charge in [-0.2, -0.15) is 5.10 Å². The zero-order valence-electron chi connectivity index (χ0n) is 16.6. The molecule has 1 saturated heterocycles. The van der Waals surface area contributed by atoms with Crippen LogP contribution < -0.4 is 10.6 Å². The van der Waals surface area contributed by atoms with E-state index in [4.69, 9.17) is 4.74 Å². The summed E-state index contributed by atoms with van der Waals surface area (Å²) in [7, 11) is 1.82. The van der Waals surface area contributed by atoms with Gasteiger partial charge in [-0.25, -0.2) is 0 Å². The standard InChI is InChI=1S/C18H34N6O.HI/c1-15(14-23-8-10-25-11-9-23)13-21-18(19-4)20-6-5-7-24-17(3)12-16(2)22-24;/h12,15H,5-11,13-14H2,1-4H3,(H2,19,20,21);1H. The molecule has 150 valence electrons. The number of aromatic nitrogens is 2. The Morgan fingerprint density at radius 1 is 1.31 bits per heavy atom. The molecule has 2 heterocycles. The highest BCUT2D eigenvalue weighted by molar-refractivity contribution is 14.0. The highest BCUT2D eigenvalue weighted by atomic mass is 127. The fourth-order valence-corrected chi connectivity index (χ4v) is 3.12. The van der Waals surface area contributed by atoms with Crippen LogP contribution in [0.5, 0.6) is 0 Å². The lowest BCUT2D eigenvalue weighted by atomic mass is 10.1. The van der Waals surface area contributed by atoms with Crippen LogP contribution in [0.2, 0.25) is 0 Å². The van der Waals surface area contributed by atoms with Gasteiger partial charge in [0.15, 0.2) is 5.96 Å². The Kier molecular flexibility index (Phi) is 11.1. The van der Waals surface area contributed by atoms with Crippen molar-refractivity contribution in [2.24, 2.45) is 10.9 Å². The van der Waals surface area contributed by atoms with E-state index >= 15 is 0 Å². The van der Waals surface area contributed by atoms with Crippen LogP contribution in [0.15, 0.2) is 11.1 Å². The summed E-state index contributed by atoms with van der Waals surface area (Å²) in [5.74, 6) is 1.45. The first-order valence-corrected chi connectivity index (χ1v) is 9.34. The van der Waals surface area contributed by atoms with E-state index in [1.54, 1.807) is 0 Å². The van der Waals surface area contributed by atoms with E-state index in [-0.39, 0.29) is 24.0 Å². The number of nitrogens with zero attached hydrogens (tertiary/aromatic N) is 4. The number of aryl methyl sites for hydroxylation is 3. The van der Waals surface area contributed by atoms with Gasteiger partial charge < -0.3 is 15.4 Å². The molecular weight excluding hydrogens is 443 g/mol. The van der Waals surface area contributed by atoms with Crippen LogP contribution in [0.1, 0.15) is 24.7 Å². The maximum Gasteiger partial charge on any atom is 0.190 e. The summed E-state index contributed by atoms with van der Waals surface area (Å²) in [4.78, 5) is 6.78. The first kappa shape index (κ1) is 23.2. The number of hydrogen-bond acceptors (Lipinski definition) is 4. The molecule has 0 spiro atoms. The Balaban J connectivity index is 0.00000338. The number of aliphatic imine (C=N–C) groups is 1. The summed E-state index contributed by atoms with van der Waals surface area (Å²) in [6, 6.07) is 2.11. The first-order valence-electron chi connectivity index (χ1n) is 9.34. The fourth-order valence-electron chi connectivity index (χ4n) is 3.12. The molecule has 0 aliphatic carbocycles. The van der Waals surface area contributed by atoms with E-state index in [9.17, 15) is 0 Å². The van der Waals surface area contributed by atoms with Crippen LogP contribution in [0, 0.1) is 19.8 Å². The van der Waals surface area contributed by atoms with Crippen LogP contribution in [-0.2, 0) is 11.3 Å². The van der Waals surface area contributed by atoms with Gasteiger partial charge in [-0.3, -0.25) is 14.6 Å². The van der Waals surface area contributed by atoms with Gasteiger partial charge >= 0.3 is 0 Å². The number of ether oxygens (including phenoxy) is 1. The lowest BCUT2D eigenvalue weighted by molar-refractivity contribution is 0.0320. The molecule has 1 unspecified atom stereocenters. The maximum atomic E-state index is 5.40. The molecule has 8 heteroatoms. The fraction of sp³-hybridized carbons (Fsp3) is 0.778. The van der Waals surface area contributed by atoms with Crippen molar-refractivity contribution in [3.63, 3.8) is 0 Å². The Labute approximate surface area is 175 Å². The van der Waals surface area contributed by atoms with Crippen molar-refractivity contribution in [2.45, 2.75) is 33.7 Å². The van der Waals surface area contributed by atoms with Crippen LogP contribution in [0.4, 0.5) is 0 Å². The summed E-state index contributed by atoms with van der Waals surface area (Å²) in [5, 5.41) is 11.3. The lowest BCUT2D eigenvalue weighted by Gasteiger charge is -2.29. The largest absolute Gasteiger partial charge is 0.379 e. The first-order chi connectivity index (χ1) is 12.1. The van der Waals surface area contributed by atoms with Gasteiger partial charge in [-0.05, 0) is 32.3 Å². The molecule has 26 heavy (non-hydrogen) atoms. The number of rotatable bonds is 8. The van der Waals surface area contributed by atoms with Gasteiger partial charge in [0.05, 0.1) is 18.9 Å². The van der Waals surface area contributed by atoms with Crippen LogP contribution in [0.25, 0.3) is 0 Å². The van der Waals surface area contributed by atoms with Gasteiger partial charge in [0.2, 0.25) is 0 Å². The van der Waals surface area contributed by atoms with Crippen molar-refractivity contribution in [1.82, 2.24) is 25.3 Å². The van der Waals surface area contributed by atoms with E-state index < -0.39 is 0 Å². The third kappa shape index (κ3) is 8.22. The summed E-state index contributed by atoms with van der Waals surface area (Å²) < 4.78 is 7.47. The molecule has 1 aromatic heterocycles.